The second-order valence-corrected chi connectivity index (χ2v) is 5.87. The number of thioether (sulfide) groups is 1. The maximum atomic E-state index is 11.8. The van der Waals surface area contributed by atoms with Gasteiger partial charge in [-0.3, -0.25) is 4.79 Å². The Kier molecular flexibility index (Phi) is 8.39. The van der Waals surface area contributed by atoms with Crippen LogP contribution in [0.1, 0.15) is 39.5 Å². The molecule has 0 spiro atoms. The zero-order chi connectivity index (χ0) is 13.9. The third-order valence-corrected chi connectivity index (χ3v) is 4.26. The molecule has 0 fully saturated rings. The molecule has 1 rings (SSSR count). The monoisotopic (exact) mass is 279 g/mol. The molecule has 0 aliphatic rings. The van der Waals surface area contributed by atoms with Crippen LogP contribution in [0.3, 0.4) is 0 Å². The Bertz CT molecular complexity index is 353. The molecule has 1 aromatic carbocycles. The Labute approximate surface area is 121 Å². The Hall–Kier alpha value is -0.960. The Morgan fingerprint density at radius 3 is 2.63 bits per heavy atom. The van der Waals surface area contributed by atoms with Crippen molar-refractivity contribution in [3.05, 3.63) is 30.3 Å². The number of benzene rings is 1. The maximum absolute atomic E-state index is 11.8. The standard InChI is InChI=1S/C16H25NOS/c1-3-5-9-14(4-2)12-17-16(18)13-19-15-10-7-6-8-11-15/h6-8,10-11,14H,3-5,9,12-13H2,1-2H3,(H,17,18)/t14-/m0/s1. The van der Waals surface area contributed by atoms with Gasteiger partial charge >= 0.3 is 0 Å². The van der Waals surface area contributed by atoms with E-state index in [2.05, 4.69) is 19.2 Å². The lowest BCUT2D eigenvalue weighted by molar-refractivity contribution is -0.118. The van der Waals surface area contributed by atoms with Crippen LogP contribution in [0.4, 0.5) is 0 Å². The van der Waals surface area contributed by atoms with E-state index in [0.717, 1.165) is 17.9 Å². The van der Waals surface area contributed by atoms with Crippen LogP contribution in [0.5, 0.6) is 0 Å². The van der Waals surface area contributed by atoms with Crippen LogP contribution in [-0.4, -0.2) is 18.2 Å². The number of nitrogens with one attached hydrogen (secondary N) is 1. The average molecular weight is 279 g/mol. The van der Waals surface area contributed by atoms with Crippen molar-refractivity contribution in [3.8, 4) is 0 Å². The Morgan fingerprint density at radius 2 is 2.00 bits per heavy atom. The summed E-state index contributed by atoms with van der Waals surface area (Å²) in [5.41, 5.74) is 0. The normalized spacial score (nSPS) is 12.1. The minimum Gasteiger partial charge on any atom is -0.355 e. The summed E-state index contributed by atoms with van der Waals surface area (Å²) >= 11 is 1.59. The lowest BCUT2D eigenvalue weighted by atomic mass is 9.99. The number of hydrogen-bond acceptors (Lipinski definition) is 2. The van der Waals surface area contributed by atoms with Crippen molar-refractivity contribution in [2.75, 3.05) is 12.3 Å². The summed E-state index contributed by atoms with van der Waals surface area (Å²) in [6, 6.07) is 10.1. The molecule has 0 aliphatic carbocycles. The van der Waals surface area contributed by atoms with Gasteiger partial charge in [0.2, 0.25) is 5.91 Å². The van der Waals surface area contributed by atoms with Gasteiger partial charge in [0.25, 0.3) is 0 Å². The van der Waals surface area contributed by atoms with Crippen molar-refractivity contribution in [1.29, 1.82) is 0 Å². The predicted molar refractivity (Wildman–Crippen MR) is 83.5 cm³/mol. The van der Waals surface area contributed by atoms with Crippen molar-refractivity contribution < 1.29 is 4.79 Å². The highest BCUT2D eigenvalue weighted by Crippen LogP contribution is 2.16. The van der Waals surface area contributed by atoms with Crippen molar-refractivity contribution in [2.24, 2.45) is 5.92 Å². The number of unbranched alkanes of at least 4 members (excludes halogenated alkanes) is 1. The van der Waals surface area contributed by atoms with Gasteiger partial charge in [-0.15, -0.1) is 11.8 Å². The van der Waals surface area contributed by atoms with Crippen molar-refractivity contribution in [3.63, 3.8) is 0 Å². The van der Waals surface area contributed by atoms with Crippen molar-refractivity contribution in [2.45, 2.75) is 44.4 Å². The molecule has 1 amide bonds. The first-order chi connectivity index (χ1) is 9.26. The highest BCUT2D eigenvalue weighted by atomic mass is 32.2. The Balaban J connectivity index is 2.20. The molecule has 0 radical (unpaired) electrons. The molecule has 0 bridgehead atoms. The molecule has 0 heterocycles. The van der Waals surface area contributed by atoms with Crippen LogP contribution in [0.15, 0.2) is 35.2 Å². The fourth-order valence-electron chi connectivity index (χ4n) is 1.92. The largest absolute Gasteiger partial charge is 0.355 e. The first-order valence-corrected chi connectivity index (χ1v) is 8.19. The van der Waals surface area contributed by atoms with Crippen LogP contribution >= 0.6 is 11.8 Å². The van der Waals surface area contributed by atoms with Gasteiger partial charge < -0.3 is 5.32 Å². The van der Waals surface area contributed by atoms with E-state index in [-0.39, 0.29) is 5.91 Å². The molecular formula is C16H25NOS. The van der Waals surface area contributed by atoms with Gasteiger partial charge in [-0.2, -0.15) is 0 Å². The molecule has 0 aromatic heterocycles. The molecule has 3 heteroatoms. The zero-order valence-corrected chi connectivity index (χ0v) is 12.8. The lowest BCUT2D eigenvalue weighted by Crippen LogP contribution is -2.30. The second kappa shape index (κ2) is 9.90. The van der Waals surface area contributed by atoms with Crippen LogP contribution in [0, 0.1) is 5.92 Å². The van der Waals surface area contributed by atoms with Crippen LogP contribution in [0.25, 0.3) is 0 Å². The molecule has 106 valence electrons. The van der Waals surface area contributed by atoms with Gasteiger partial charge in [-0.1, -0.05) is 51.3 Å². The number of hydrogen-bond donors (Lipinski definition) is 1. The van der Waals surface area contributed by atoms with E-state index in [9.17, 15) is 4.79 Å². The summed E-state index contributed by atoms with van der Waals surface area (Å²) in [6.45, 7) is 5.23. The molecule has 19 heavy (non-hydrogen) atoms. The van der Waals surface area contributed by atoms with Gasteiger partial charge in [0.1, 0.15) is 0 Å². The average Bonchev–Trinajstić information content (AvgIpc) is 2.46. The summed E-state index contributed by atoms with van der Waals surface area (Å²) in [6.07, 6.45) is 4.85. The van der Waals surface area contributed by atoms with Gasteiger partial charge in [0.15, 0.2) is 0 Å². The molecule has 0 aliphatic heterocycles. The minimum atomic E-state index is 0.142. The molecular weight excluding hydrogens is 254 g/mol. The topological polar surface area (TPSA) is 29.1 Å². The summed E-state index contributed by atoms with van der Waals surface area (Å²) in [7, 11) is 0. The van der Waals surface area contributed by atoms with Crippen LogP contribution < -0.4 is 5.32 Å². The summed E-state index contributed by atoms with van der Waals surface area (Å²) in [5.74, 6) is 1.28. The van der Waals surface area contributed by atoms with Crippen molar-refractivity contribution in [1.82, 2.24) is 5.32 Å². The number of carbonyl (C=O) groups excluding carboxylic acids is 1. The Morgan fingerprint density at radius 1 is 1.26 bits per heavy atom. The van der Waals surface area contributed by atoms with E-state index in [1.165, 1.54) is 19.3 Å². The SMILES string of the molecule is CCCC[C@H](CC)CNC(=O)CSc1ccccc1. The molecule has 1 aromatic rings. The van der Waals surface area contributed by atoms with Crippen molar-refractivity contribution >= 4 is 17.7 Å². The number of carbonyl (C=O) groups is 1. The maximum Gasteiger partial charge on any atom is 0.230 e. The van der Waals surface area contributed by atoms with E-state index >= 15 is 0 Å². The highest BCUT2D eigenvalue weighted by molar-refractivity contribution is 8.00. The second-order valence-electron chi connectivity index (χ2n) is 4.82. The van der Waals surface area contributed by atoms with E-state index < -0.39 is 0 Å². The fourth-order valence-corrected chi connectivity index (χ4v) is 2.67. The van der Waals surface area contributed by atoms with Gasteiger partial charge in [0.05, 0.1) is 5.75 Å². The molecule has 2 nitrogen and oxygen atoms in total. The third kappa shape index (κ3) is 7.26. The predicted octanol–water partition coefficient (Wildman–Crippen LogP) is 4.11. The van der Waals surface area contributed by atoms with E-state index in [1.807, 2.05) is 30.3 Å². The van der Waals surface area contributed by atoms with E-state index in [1.54, 1.807) is 11.8 Å². The van der Waals surface area contributed by atoms with E-state index in [0.29, 0.717) is 11.7 Å². The fraction of sp³-hybridized carbons (Fsp3) is 0.562. The number of rotatable bonds is 9. The third-order valence-electron chi connectivity index (χ3n) is 3.24. The highest BCUT2D eigenvalue weighted by Gasteiger charge is 2.08. The smallest absolute Gasteiger partial charge is 0.230 e. The molecule has 1 atom stereocenters. The molecule has 0 unspecified atom stereocenters. The summed E-state index contributed by atoms with van der Waals surface area (Å²) in [4.78, 5) is 12.9. The lowest BCUT2D eigenvalue weighted by Gasteiger charge is -2.15. The summed E-state index contributed by atoms with van der Waals surface area (Å²) < 4.78 is 0. The number of amides is 1. The molecule has 0 saturated heterocycles. The quantitative estimate of drug-likeness (QED) is 0.689. The first-order valence-electron chi connectivity index (χ1n) is 7.20. The van der Waals surface area contributed by atoms with Gasteiger partial charge in [0, 0.05) is 11.4 Å². The van der Waals surface area contributed by atoms with E-state index in [4.69, 9.17) is 0 Å². The van der Waals surface area contributed by atoms with Gasteiger partial charge in [-0.25, -0.2) is 0 Å². The summed E-state index contributed by atoms with van der Waals surface area (Å²) in [5, 5.41) is 3.05. The van der Waals surface area contributed by atoms with Gasteiger partial charge in [-0.05, 0) is 24.5 Å². The molecule has 0 saturated carbocycles. The minimum absolute atomic E-state index is 0.142. The molecule has 1 N–H and O–H groups in total. The van der Waals surface area contributed by atoms with Crippen LogP contribution in [0.2, 0.25) is 0 Å². The zero-order valence-electron chi connectivity index (χ0n) is 12.0. The van der Waals surface area contributed by atoms with Crippen LogP contribution in [-0.2, 0) is 4.79 Å². The first kappa shape index (κ1) is 16.1.